The number of fused-ring (bicyclic) bond motifs is 1. The summed E-state index contributed by atoms with van der Waals surface area (Å²) in [6.45, 7) is 4.04. The van der Waals surface area contributed by atoms with Crippen molar-refractivity contribution in [2.75, 3.05) is 19.7 Å². The number of ketones is 1. The topological polar surface area (TPSA) is 130 Å². The molecule has 1 N–H and O–H groups in total. The number of nitrogens with zero attached hydrogens (tertiary/aromatic N) is 3. The number of benzene rings is 1. The monoisotopic (exact) mass is 463 g/mol. The minimum absolute atomic E-state index is 0.00844. The highest BCUT2D eigenvalue weighted by molar-refractivity contribution is 7.89. The zero-order valence-corrected chi connectivity index (χ0v) is 18.7. The Labute approximate surface area is 188 Å². The summed E-state index contributed by atoms with van der Waals surface area (Å²) in [6.07, 6.45) is 6.31. The molecule has 10 heteroatoms. The molecule has 174 valence electrons. The molecular formula is C22H29N3O6S. The van der Waals surface area contributed by atoms with E-state index in [1.54, 1.807) is 12.3 Å². The van der Waals surface area contributed by atoms with E-state index in [1.165, 1.54) is 28.6 Å². The normalized spacial score (nSPS) is 26.5. The lowest BCUT2D eigenvalue weighted by Crippen LogP contribution is -2.41. The van der Waals surface area contributed by atoms with Gasteiger partial charge in [0.1, 0.15) is 5.78 Å². The zero-order chi connectivity index (χ0) is 23.4. The maximum Gasteiger partial charge on any atom is 0.269 e. The molecule has 0 bridgehead atoms. The van der Waals surface area contributed by atoms with Crippen LogP contribution in [0.4, 0.5) is 5.69 Å². The van der Waals surface area contributed by atoms with Crippen LogP contribution >= 0.6 is 0 Å². The van der Waals surface area contributed by atoms with Crippen LogP contribution in [0, 0.1) is 21.4 Å². The highest BCUT2D eigenvalue weighted by Crippen LogP contribution is 2.44. The van der Waals surface area contributed by atoms with Crippen LogP contribution in [0.1, 0.15) is 38.5 Å². The van der Waals surface area contributed by atoms with Crippen LogP contribution in [-0.2, 0) is 14.8 Å². The Kier molecular flexibility index (Phi) is 7.58. The molecular weight excluding hydrogens is 434 g/mol. The second-order valence-electron chi connectivity index (χ2n) is 8.33. The lowest BCUT2D eigenvalue weighted by Gasteiger charge is -2.34. The van der Waals surface area contributed by atoms with Crippen LogP contribution in [-0.4, -0.2) is 60.5 Å². The number of aliphatic hydroxyl groups is 1. The molecule has 32 heavy (non-hydrogen) atoms. The number of sulfonamides is 1. The molecule has 1 saturated heterocycles. The second-order valence-corrected chi connectivity index (χ2v) is 10.3. The molecule has 2 heterocycles. The molecule has 9 nitrogen and oxygen atoms in total. The maximum atomic E-state index is 13.2. The van der Waals surface area contributed by atoms with Gasteiger partial charge in [0.25, 0.3) is 5.69 Å². The standard InChI is InChI=1S/C22H29N3O6S/c1-2-3-7-21(27)22-12-5-14-24(13-4-6-19(22)20(15-26)23-16-22)32(30,31)18-10-8-17(9-11-18)25(28)29/h2,8-11,16,19-20,26H,1,3-7,12-15H2/t19?,20-,22+/m1/s1. The largest absolute Gasteiger partial charge is 0.394 e. The number of carbonyl (C=O) groups is 1. The number of aliphatic hydroxyl groups excluding tert-OH is 1. The summed E-state index contributed by atoms with van der Waals surface area (Å²) in [4.78, 5) is 27.9. The minimum Gasteiger partial charge on any atom is -0.394 e. The van der Waals surface area contributed by atoms with E-state index in [4.69, 9.17) is 0 Å². The number of non-ortho nitro benzene ring substituents is 1. The van der Waals surface area contributed by atoms with E-state index in [2.05, 4.69) is 11.6 Å². The van der Waals surface area contributed by atoms with Gasteiger partial charge in [0, 0.05) is 43.8 Å². The molecule has 0 spiro atoms. The van der Waals surface area contributed by atoms with Crippen molar-refractivity contribution < 1.29 is 23.2 Å². The van der Waals surface area contributed by atoms with Crippen molar-refractivity contribution in [2.45, 2.75) is 49.5 Å². The zero-order valence-electron chi connectivity index (χ0n) is 17.9. The van der Waals surface area contributed by atoms with Gasteiger partial charge in [-0.3, -0.25) is 19.9 Å². The Morgan fingerprint density at radius 3 is 2.62 bits per heavy atom. The molecule has 0 aromatic heterocycles. The first-order valence-electron chi connectivity index (χ1n) is 10.8. The van der Waals surface area contributed by atoms with Crippen LogP contribution in [0.3, 0.4) is 0 Å². The Morgan fingerprint density at radius 2 is 2.00 bits per heavy atom. The fourth-order valence-electron chi connectivity index (χ4n) is 4.81. The molecule has 0 radical (unpaired) electrons. The number of aliphatic imine (C=N–C) groups is 1. The number of nitro groups is 1. The van der Waals surface area contributed by atoms with Crippen LogP contribution in [0.2, 0.25) is 0 Å². The summed E-state index contributed by atoms with van der Waals surface area (Å²) in [5.41, 5.74) is -0.959. The molecule has 2 aliphatic rings. The molecule has 1 fully saturated rings. The van der Waals surface area contributed by atoms with Gasteiger partial charge in [-0.25, -0.2) is 8.42 Å². The first-order valence-corrected chi connectivity index (χ1v) is 12.2. The third kappa shape index (κ3) is 4.67. The van der Waals surface area contributed by atoms with Crippen LogP contribution in [0.5, 0.6) is 0 Å². The van der Waals surface area contributed by atoms with Gasteiger partial charge in [0.15, 0.2) is 0 Å². The van der Waals surface area contributed by atoms with Gasteiger partial charge in [-0.05, 0) is 44.2 Å². The highest BCUT2D eigenvalue weighted by atomic mass is 32.2. The summed E-state index contributed by atoms with van der Waals surface area (Å²) >= 11 is 0. The van der Waals surface area contributed by atoms with Gasteiger partial charge in [0.2, 0.25) is 10.0 Å². The van der Waals surface area contributed by atoms with E-state index in [9.17, 15) is 28.4 Å². The van der Waals surface area contributed by atoms with Crippen molar-refractivity contribution in [1.82, 2.24) is 4.31 Å². The van der Waals surface area contributed by atoms with Crippen molar-refractivity contribution in [1.29, 1.82) is 0 Å². The summed E-state index contributed by atoms with van der Waals surface area (Å²) in [6, 6.07) is 4.51. The Balaban J connectivity index is 1.83. The van der Waals surface area contributed by atoms with E-state index >= 15 is 0 Å². The lowest BCUT2D eigenvalue weighted by molar-refractivity contribution is -0.384. The van der Waals surface area contributed by atoms with Crippen LogP contribution in [0.15, 0.2) is 46.8 Å². The van der Waals surface area contributed by atoms with E-state index in [-0.39, 0.29) is 48.0 Å². The summed E-state index contributed by atoms with van der Waals surface area (Å²) in [7, 11) is -3.83. The van der Waals surface area contributed by atoms with Crippen molar-refractivity contribution in [3.05, 3.63) is 47.0 Å². The van der Waals surface area contributed by atoms with Crippen molar-refractivity contribution >= 4 is 27.7 Å². The van der Waals surface area contributed by atoms with Gasteiger partial charge in [-0.2, -0.15) is 4.31 Å². The smallest absolute Gasteiger partial charge is 0.269 e. The SMILES string of the molecule is C=CCCC(=O)[C@@]12C=N[C@H](CO)C1CCCN(S(=O)(=O)c1ccc([N+](=O)[O-])cc1)CCC2. The Morgan fingerprint density at radius 1 is 1.31 bits per heavy atom. The number of hydrogen-bond acceptors (Lipinski definition) is 7. The quantitative estimate of drug-likeness (QED) is 0.358. The second kappa shape index (κ2) is 10.0. The first kappa shape index (κ1) is 24.2. The van der Waals surface area contributed by atoms with Gasteiger partial charge >= 0.3 is 0 Å². The van der Waals surface area contributed by atoms with Crippen LogP contribution in [0.25, 0.3) is 0 Å². The van der Waals surface area contributed by atoms with Crippen molar-refractivity contribution in [3.8, 4) is 0 Å². The minimum atomic E-state index is -3.83. The average Bonchev–Trinajstić information content (AvgIpc) is 3.17. The first-order chi connectivity index (χ1) is 15.3. The fraction of sp³-hybridized carbons (Fsp3) is 0.545. The molecule has 0 saturated carbocycles. The van der Waals surface area contributed by atoms with Gasteiger partial charge in [-0.15, -0.1) is 6.58 Å². The summed E-state index contributed by atoms with van der Waals surface area (Å²) < 4.78 is 27.8. The van der Waals surface area contributed by atoms with Gasteiger partial charge < -0.3 is 5.11 Å². The van der Waals surface area contributed by atoms with Gasteiger partial charge in [-0.1, -0.05) is 6.08 Å². The molecule has 2 aliphatic heterocycles. The number of hydrogen-bond donors (Lipinski definition) is 1. The Bertz CT molecular complexity index is 991. The number of nitro benzene ring substituents is 1. The number of Topliss-reactive ketones (excluding diaryl/α,β-unsaturated/α-hetero) is 1. The van der Waals surface area contributed by atoms with Crippen LogP contribution < -0.4 is 0 Å². The molecule has 3 atom stereocenters. The Hall–Kier alpha value is -2.43. The fourth-order valence-corrected chi connectivity index (χ4v) is 6.32. The molecule has 3 rings (SSSR count). The van der Waals surface area contributed by atoms with E-state index < -0.39 is 20.4 Å². The number of rotatable bonds is 8. The predicted molar refractivity (Wildman–Crippen MR) is 120 cm³/mol. The van der Waals surface area contributed by atoms with E-state index in [1.807, 2.05) is 0 Å². The molecule has 0 aliphatic carbocycles. The molecule has 1 aromatic rings. The van der Waals surface area contributed by atoms with Crippen molar-refractivity contribution in [2.24, 2.45) is 16.3 Å². The molecule has 0 amide bonds. The van der Waals surface area contributed by atoms with Crippen molar-refractivity contribution in [3.63, 3.8) is 0 Å². The molecule has 1 unspecified atom stereocenters. The average molecular weight is 464 g/mol. The third-order valence-corrected chi connectivity index (χ3v) is 8.42. The summed E-state index contributed by atoms with van der Waals surface area (Å²) in [5, 5.41) is 20.7. The highest BCUT2D eigenvalue weighted by Gasteiger charge is 2.50. The lowest BCUT2D eigenvalue weighted by atomic mass is 9.67. The molecule has 1 aromatic carbocycles. The number of carbonyl (C=O) groups excluding carboxylic acids is 1. The summed E-state index contributed by atoms with van der Waals surface area (Å²) in [5.74, 6) is -0.0966. The predicted octanol–water partition coefficient (Wildman–Crippen LogP) is 2.74. The maximum absolute atomic E-state index is 13.2. The number of allylic oxidation sites excluding steroid dienone is 1. The van der Waals surface area contributed by atoms with E-state index in [0.717, 1.165) is 0 Å². The van der Waals surface area contributed by atoms with Gasteiger partial charge in [0.05, 0.1) is 27.9 Å². The third-order valence-electron chi connectivity index (χ3n) is 6.51. The van der Waals surface area contributed by atoms with E-state index in [0.29, 0.717) is 38.5 Å².